The second kappa shape index (κ2) is 4.74. The molecule has 0 saturated carbocycles. The number of nitrogens with zero attached hydrogens (tertiary/aromatic N) is 5. The molecular weight excluding hydrogens is 258 g/mol. The molecule has 0 aliphatic heterocycles. The molecule has 2 aromatic rings. The van der Waals surface area contributed by atoms with Crippen LogP contribution in [0.25, 0.3) is 5.82 Å². The van der Waals surface area contributed by atoms with Crippen molar-refractivity contribution in [3.8, 4) is 11.9 Å². The van der Waals surface area contributed by atoms with Crippen molar-refractivity contribution in [3.63, 3.8) is 0 Å². The molecule has 0 spiro atoms. The lowest BCUT2D eigenvalue weighted by atomic mass is 9.95. The molecule has 7 nitrogen and oxygen atoms in total. The van der Waals surface area contributed by atoms with Crippen LogP contribution in [-0.4, -0.2) is 30.8 Å². The maximum absolute atomic E-state index is 11.4. The normalized spacial score (nSPS) is 13.6. The van der Waals surface area contributed by atoms with Gasteiger partial charge in [0.15, 0.2) is 5.82 Å². The summed E-state index contributed by atoms with van der Waals surface area (Å²) < 4.78 is 1.25. The lowest BCUT2D eigenvalue weighted by Gasteiger charge is -2.17. The van der Waals surface area contributed by atoms with Gasteiger partial charge in [-0.05, 0) is 37.3 Å². The van der Waals surface area contributed by atoms with Gasteiger partial charge in [-0.2, -0.15) is 5.26 Å². The van der Waals surface area contributed by atoms with Crippen molar-refractivity contribution in [2.45, 2.75) is 25.7 Å². The average Bonchev–Trinajstić information content (AvgIpc) is 2.94. The molecule has 1 aliphatic carbocycles. The van der Waals surface area contributed by atoms with Crippen LogP contribution in [-0.2, 0) is 12.8 Å². The van der Waals surface area contributed by atoms with E-state index < -0.39 is 5.97 Å². The molecule has 0 fully saturated rings. The van der Waals surface area contributed by atoms with Gasteiger partial charge in [0.05, 0.1) is 0 Å². The first-order valence-corrected chi connectivity index (χ1v) is 6.27. The monoisotopic (exact) mass is 269 g/mol. The number of rotatable bonds is 2. The van der Waals surface area contributed by atoms with E-state index in [-0.39, 0.29) is 17.2 Å². The standard InChI is InChI=1S/C13H11N5O2/c14-6-11-15-7-18(17-11)12-9(13(19)20)5-8-3-1-2-4-10(8)16-12/h5,7H,1-4H2,(H,19,20). The third kappa shape index (κ3) is 2.01. The Labute approximate surface area is 114 Å². The van der Waals surface area contributed by atoms with E-state index in [1.54, 1.807) is 6.07 Å². The van der Waals surface area contributed by atoms with Crippen LogP contribution in [0.1, 0.15) is 40.3 Å². The van der Waals surface area contributed by atoms with Gasteiger partial charge in [0, 0.05) is 5.69 Å². The zero-order valence-corrected chi connectivity index (χ0v) is 10.6. The fourth-order valence-corrected chi connectivity index (χ4v) is 2.37. The van der Waals surface area contributed by atoms with Gasteiger partial charge in [-0.25, -0.2) is 19.4 Å². The number of nitriles is 1. The first kappa shape index (κ1) is 12.3. The maximum atomic E-state index is 11.4. The number of hydrogen-bond acceptors (Lipinski definition) is 5. The summed E-state index contributed by atoms with van der Waals surface area (Å²) in [6.07, 6.45) is 5.09. The van der Waals surface area contributed by atoms with Crippen molar-refractivity contribution in [3.05, 3.63) is 35.0 Å². The quantitative estimate of drug-likeness (QED) is 0.875. The van der Waals surface area contributed by atoms with Crippen molar-refractivity contribution >= 4 is 5.97 Å². The minimum atomic E-state index is -1.06. The van der Waals surface area contributed by atoms with Crippen LogP contribution >= 0.6 is 0 Å². The fraction of sp³-hybridized carbons (Fsp3) is 0.308. The molecule has 1 N–H and O–H groups in total. The molecule has 1 aliphatic rings. The largest absolute Gasteiger partial charge is 0.478 e. The molecule has 0 saturated heterocycles. The second-order valence-electron chi connectivity index (χ2n) is 4.60. The van der Waals surface area contributed by atoms with Crippen molar-refractivity contribution in [2.75, 3.05) is 0 Å². The van der Waals surface area contributed by atoms with E-state index >= 15 is 0 Å². The molecular formula is C13H11N5O2. The first-order valence-electron chi connectivity index (χ1n) is 6.27. The Morgan fingerprint density at radius 1 is 1.40 bits per heavy atom. The molecule has 2 heterocycles. The summed E-state index contributed by atoms with van der Waals surface area (Å²) >= 11 is 0. The van der Waals surface area contributed by atoms with Gasteiger partial charge in [-0.3, -0.25) is 0 Å². The number of carboxylic acid groups (broad SMARTS) is 1. The third-order valence-electron chi connectivity index (χ3n) is 3.32. The highest BCUT2D eigenvalue weighted by atomic mass is 16.4. The van der Waals surface area contributed by atoms with Gasteiger partial charge in [-0.15, -0.1) is 5.10 Å². The SMILES string of the molecule is N#Cc1ncn(-c2nc3c(cc2C(=O)O)CCCC3)n1. The van der Waals surface area contributed by atoms with E-state index in [0.717, 1.165) is 36.9 Å². The summed E-state index contributed by atoms with van der Waals surface area (Å²) in [6.45, 7) is 0. The van der Waals surface area contributed by atoms with E-state index in [1.807, 2.05) is 6.07 Å². The Morgan fingerprint density at radius 2 is 2.20 bits per heavy atom. The van der Waals surface area contributed by atoms with Crippen molar-refractivity contribution in [1.29, 1.82) is 5.26 Å². The van der Waals surface area contributed by atoms with Crippen molar-refractivity contribution in [1.82, 2.24) is 19.7 Å². The Balaban J connectivity index is 2.17. The van der Waals surface area contributed by atoms with Crippen LogP contribution in [0.5, 0.6) is 0 Å². The average molecular weight is 269 g/mol. The van der Waals surface area contributed by atoms with Gasteiger partial charge in [-0.1, -0.05) is 0 Å². The summed E-state index contributed by atoms with van der Waals surface area (Å²) in [4.78, 5) is 19.6. The highest BCUT2D eigenvalue weighted by Gasteiger charge is 2.20. The number of aryl methyl sites for hydroxylation is 2. The summed E-state index contributed by atoms with van der Waals surface area (Å²) in [5.41, 5.74) is 1.98. The van der Waals surface area contributed by atoms with Crippen LogP contribution in [0.2, 0.25) is 0 Å². The second-order valence-corrected chi connectivity index (χ2v) is 4.60. The number of carboxylic acids is 1. The molecule has 7 heteroatoms. The van der Waals surface area contributed by atoms with Crippen LogP contribution in [0.4, 0.5) is 0 Å². The van der Waals surface area contributed by atoms with Gasteiger partial charge in [0.25, 0.3) is 5.82 Å². The van der Waals surface area contributed by atoms with Gasteiger partial charge in [0.2, 0.25) is 0 Å². The first-order chi connectivity index (χ1) is 9.69. The van der Waals surface area contributed by atoms with E-state index in [2.05, 4.69) is 15.1 Å². The number of hydrogen-bond donors (Lipinski definition) is 1. The van der Waals surface area contributed by atoms with Crippen LogP contribution < -0.4 is 0 Å². The third-order valence-corrected chi connectivity index (χ3v) is 3.32. The molecule has 0 bridgehead atoms. The molecule has 0 aromatic carbocycles. The highest BCUT2D eigenvalue weighted by molar-refractivity contribution is 5.91. The summed E-state index contributed by atoms with van der Waals surface area (Å²) in [6, 6.07) is 3.47. The number of aromatic carboxylic acids is 1. The Morgan fingerprint density at radius 3 is 2.90 bits per heavy atom. The minimum absolute atomic E-state index is 0.0131. The maximum Gasteiger partial charge on any atom is 0.339 e. The van der Waals surface area contributed by atoms with Crippen LogP contribution in [0.15, 0.2) is 12.4 Å². The van der Waals surface area contributed by atoms with Crippen LogP contribution in [0, 0.1) is 11.3 Å². The Kier molecular flexibility index (Phi) is 2.91. The molecule has 0 radical (unpaired) electrons. The smallest absolute Gasteiger partial charge is 0.339 e. The van der Waals surface area contributed by atoms with Gasteiger partial charge >= 0.3 is 5.97 Å². The topological polar surface area (TPSA) is 105 Å². The molecule has 0 unspecified atom stereocenters. The molecule has 0 amide bonds. The predicted molar refractivity (Wildman–Crippen MR) is 67.5 cm³/mol. The molecule has 0 atom stereocenters. The summed E-state index contributed by atoms with van der Waals surface area (Å²) in [5.74, 6) is -0.858. The number of carbonyl (C=O) groups is 1. The predicted octanol–water partition coefficient (Wildman–Crippen LogP) is 1.11. The zero-order chi connectivity index (χ0) is 14.1. The van der Waals surface area contributed by atoms with E-state index in [9.17, 15) is 9.90 Å². The fourth-order valence-electron chi connectivity index (χ4n) is 2.37. The number of pyridine rings is 1. The van der Waals surface area contributed by atoms with Crippen LogP contribution in [0.3, 0.4) is 0 Å². The van der Waals surface area contributed by atoms with E-state index in [1.165, 1.54) is 11.0 Å². The van der Waals surface area contributed by atoms with Gasteiger partial charge in [0.1, 0.15) is 18.0 Å². The summed E-state index contributed by atoms with van der Waals surface area (Å²) in [5, 5.41) is 22.0. The van der Waals surface area contributed by atoms with E-state index in [0.29, 0.717) is 0 Å². The molecule has 20 heavy (non-hydrogen) atoms. The lowest BCUT2D eigenvalue weighted by Crippen LogP contribution is -2.14. The minimum Gasteiger partial charge on any atom is -0.478 e. The number of fused-ring (bicyclic) bond motifs is 1. The zero-order valence-electron chi connectivity index (χ0n) is 10.6. The molecule has 2 aromatic heterocycles. The summed E-state index contributed by atoms with van der Waals surface area (Å²) in [7, 11) is 0. The van der Waals surface area contributed by atoms with E-state index in [4.69, 9.17) is 5.26 Å². The Bertz CT molecular complexity index is 729. The molecule has 100 valence electrons. The lowest BCUT2D eigenvalue weighted by molar-refractivity contribution is 0.0696. The highest BCUT2D eigenvalue weighted by Crippen LogP contribution is 2.23. The van der Waals surface area contributed by atoms with Gasteiger partial charge < -0.3 is 5.11 Å². The Hall–Kier alpha value is -2.75. The molecule has 3 rings (SSSR count). The van der Waals surface area contributed by atoms with Crippen molar-refractivity contribution < 1.29 is 9.90 Å². The number of aromatic nitrogens is 4. The van der Waals surface area contributed by atoms with Crippen molar-refractivity contribution in [2.24, 2.45) is 0 Å².